The van der Waals surface area contributed by atoms with E-state index in [1.165, 1.54) is 13.8 Å². The highest BCUT2D eigenvalue weighted by Crippen LogP contribution is 2.48. The number of non-ortho nitro benzene ring substituents is 1. The van der Waals surface area contributed by atoms with Crippen LogP contribution in [0.1, 0.15) is 32.3 Å². The average Bonchev–Trinajstić information content (AvgIpc) is 2.72. The molecular weight excluding hydrogens is 459 g/mol. The zero-order chi connectivity index (χ0) is 25.1. The van der Waals surface area contributed by atoms with Crippen molar-refractivity contribution < 1.29 is 45.9 Å². The third-order valence-electron chi connectivity index (χ3n) is 4.64. The van der Waals surface area contributed by atoms with Crippen LogP contribution in [0.25, 0.3) is 0 Å². The predicted octanol–water partition coefficient (Wildman–Crippen LogP) is 4.13. The highest BCUT2D eigenvalue weighted by molar-refractivity contribution is 6.00. The molecule has 0 fully saturated rings. The van der Waals surface area contributed by atoms with Crippen molar-refractivity contribution in [2.45, 2.75) is 38.8 Å². The second-order valence-corrected chi connectivity index (χ2v) is 6.75. The molecule has 0 saturated heterocycles. The number of dihydropyridines is 1. The molecule has 1 aromatic rings. The minimum absolute atomic E-state index is 0.179. The van der Waals surface area contributed by atoms with Gasteiger partial charge in [-0.3, -0.25) is 10.1 Å². The fourth-order valence-electron chi connectivity index (χ4n) is 3.28. The van der Waals surface area contributed by atoms with Gasteiger partial charge in [0, 0.05) is 17.8 Å². The Morgan fingerprint density at radius 1 is 1.06 bits per heavy atom. The zero-order valence-electron chi connectivity index (χ0n) is 17.6. The van der Waals surface area contributed by atoms with Crippen LogP contribution in [-0.2, 0) is 19.1 Å². The summed E-state index contributed by atoms with van der Waals surface area (Å²) in [5.41, 5.74) is -4.77. The maximum atomic E-state index is 14.5. The number of ether oxygens (including phenoxy) is 2. The molecule has 1 heterocycles. The number of carbonyl (C=O) groups is 2. The first-order chi connectivity index (χ1) is 15.3. The van der Waals surface area contributed by atoms with Gasteiger partial charge in [-0.05, 0) is 26.3 Å². The van der Waals surface area contributed by atoms with E-state index >= 15 is 0 Å². The number of benzene rings is 1. The van der Waals surface area contributed by atoms with Crippen LogP contribution in [0.4, 0.5) is 27.6 Å². The van der Waals surface area contributed by atoms with Gasteiger partial charge in [-0.15, -0.1) is 0 Å². The van der Waals surface area contributed by atoms with Crippen LogP contribution in [0.5, 0.6) is 0 Å². The van der Waals surface area contributed by atoms with Gasteiger partial charge >= 0.3 is 24.0 Å². The van der Waals surface area contributed by atoms with Crippen molar-refractivity contribution in [2.24, 2.45) is 0 Å². The van der Waals surface area contributed by atoms with Crippen LogP contribution in [-0.4, -0.2) is 42.2 Å². The Labute approximate surface area is 184 Å². The first-order valence-electron chi connectivity index (χ1n) is 9.53. The molecule has 0 radical (unpaired) electrons. The molecule has 0 aromatic heterocycles. The number of rotatable bonds is 7. The lowest BCUT2D eigenvalue weighted by molar-refractivity contribution is -0.384. The maximum absolute atomic E-state index is 14.5. The largest absolute Gasteiger partial charge is 0.463 e. The van der Waals surface area contributed by atoms with Gasteiger partial charge in [0.2, 0.25) is 0 Å². The number of nitrogens with zero attached hydrogens (tertiary/aromatic N) is 1. The summed E-state index contributed by atoms with van der Waals surface area (Å²) in [5, 5.41) is 13.0. The Hall–Kier alpha value is -3.51. The van der Waals surface area contributed by atoms with Gasteiger partial charge in [0.15, 0.2) is 0 Å². The van der Waals surface area contributed by atoms with E-state index in [1.54, 1.807) is 0 Å². The fraction of sp³-hybridized carbons (Fsp3) is 0.400. The lowest BCUT2D eigenvalue weighted by atomic mass is 9.79. The van der Waals surface area contributed by atoms with Gasteiger partial charge in [0.25, 0.3) is 5.69 Å². The molecule has 0 spiro atoms. The van der Waals surface area contributed by atoms with Crippen LogP contribution in [0, 0.1) is 10.1 Å². The third-order valence-corrected chi connectivity index (χ3v) is 4.64. The summed E-state index contributed by atoms with van der Waals surface area (Å²) in [4.78, 5) is 35.7. The molecule has 1 N–H and O–H groups in total. The summed E-state index contributed by atoms with van der Waals surface area (Å²) in [6.45, 7) is 3.21. The summed E-state index contributed by atoms with van der Waals surface area (Å²) < 4.78 is 78.5. The van der Waals surface area contributed by atoms with Crippen molar-refractivity contribution in [3.05, 3.63) is 62.5 Å². The Morgan fingerprint density at radius 3 is 2.09 bits per heavy atom. The van der Waals surface area contributed by atoms with Crippen LogP contribution in [0.2, 0.25) is 0 Å². The number of nitrogens with one attached hydrogen (secondary N) is 1. The Bertz CT molecular complexity index is 1030. The van der Waals surface area contributed by atoms with Gasteiger partial charge in [-0.2, -0.15) is 22.0 Å². The highest BCUT2D eigenvalue weighted by Gasteiger charge is 2.63. The Morgan fingerprint density at radius 2 is 1.61 bits per heavy atom. The lowest BCUT2D eigenvalue weighted by Crippen LogP contribution is -2.47. The predicted molar refractivity (Wildman–Crippen MR) is 103 cm³/mol. The van der Waals surface area contributed by atoms with Crippen LogP contribution >= 0.6 is 0 Å². The molecular formula is C20H19F5N2O6. The number of hydrogen-bond donors (Lipinski definition) is 1. The molecule has 1 aromatic carbocycles. The van der Waals surface area contributed by atoms with Crippen molar-refractivity contribution in [1.82, 2.24) is 5.32 Å². The molecule has 0 bridgehead atoms. The van der Waals surface area contributed by atoms with E-state index in [-0.39, 0.29) is 18.8 Å². The molecule has 1 aliphatic rings. The zero-order valence-corrected chi connectivity index (χ0v) is 17.6. The quantitative estimate of drug-likeness (QED) is 0.272. The van der Waals surface area contributed by atoms with E-state index in [1.807, 2.05) is 5.32 Å². The Kier molecular flexibility index (Phi) is 7.45. The molecule has 0 saturated carbocycles. The Balaban J connectivity index is 2.94. The minimum atomic E-state index is -6.11. The third kappa shape index (κ3) is 4.96. The number of nitro benzene ring substituents is 1. The van der Waals surface area contributed by atoms with Crippen molar-refractivity contribution in [1.29, 1.82) is 0 Å². The summed E-state index contributed by atoms with van der Waals surface area (Å²) in [6, 6.07) is 4.20. The molecule has 1 unspecified atom stereocenters. The number of carbonyl (C=O) groups excluding carboxylic acids is 2. The first-order valence-corrected chi connectivity index (χ1v) is 9.53. The van der Waals surface area contributed by atoms with Crippen LogP contribution in [0.3, 0.4) is 0 Å². The number of alkyl halides is 5. The van der Waals surface area contributed by atoms with Crippen molar-refractivity contribution in [3.63, 3.8) is 0 Å². The highest BCUT2D eigenvalue weighted by atomic mass is 19.4. The van der Waals surface area contributed by atoms with E-state index in [9.17, 15) is 41.7 Å². The van der Waals surface area contributed by atoms with Gasteiger partial charge in [0.1, 0.15) is 5.70 Å². The minimum Gasteiger partial charge on any atom is -0.463 e. The van der Waals surface area contributed by atoms with Crippen LogP contribution in [0.15, 0.2) is 46.8 Å². The van der Waals surface area contributed by atoms with E-state index < -0.39 is 63.1 Å². The first kappa shape index (κ1) is 25.7. The number of nitro groups is 1. The summed E-state index contributed by atoms with van der Waals surface area (Å²) in [6.07, 6.45) is -6.11. The molecule has 33 heavy (non-hydrogen) atoms. The lowest BCUT2D eigenvalue weighted by Gasteiger charge is -2.34. The van der Waals surface area contributed by atoms with E-state index in [0.717, 1.165) is 31.2 Å². The number of allylic oxidation sites excluding steroid dienone is 2. The second kappa shape index (κ2) is 9.55. The molecule has 0 amide bonds. The van der Waals surface area contributed by atoms with E-state index in [2.05, 4.69) is 0 Å². The van der Waals surface area contributed by atoms with Crippen molar-refractivity contribution >= 4 is 17.6 Å². The van der Waals surface area contributed by atoms with Crippen LogP contribution < -0.4 is 5.32 Å². The maximum Gasteiger partial charge on any atom is 0.459 e. The fourth-order valence-corrected chi connectivity index (χ4v) is 3.28. The average molecular weight is 478 g/mol. The summed E-state index contributed by atoms with van der Waals surface area (Å²) in [7, 11) is 0. The standard InChI is InChI=1S/C20H19F5N2O6/c1-4-32-17(28)13-10(3)26-16(19(21,22)20(23,24)25)15(18(29)33-5-2)14(13)11-7-6-8-12(9-11)27(30)31/h6-9,14,26H,4-5H2,1-3H3. The van der Waals surface area contributed by atoms with Gasteiger partial charge in [-0.1, -0.05) is 12.1 Å². The number of halogens is 5. The normalized spacial score (nSPS) is 16.9. The molecule has 2 rings (SSSR count). The van der Waals surface area contributed by atoms with Gasteiger partial charge in [0.05, 0.1) is 35.2 Å². The SMILES string of the molecule is CCOC(=O)C1=C(C)NC(C(F)(F)C(F)(F)F)=C(C(=O)OCC)C1c1cccc([N+](=O)[O-])c1. The molecule has 1 atom stereocenters. The number of esters is 2. The molecule has 0 aliphatic carbocycles. The monoisotopic (exact) mass is 478 g/mol. The molecule has 8 nitrogen and oxygen atoms in total. The smallest absolute Gasteiger partial charge is 0.459 e. The second-order valence-electron chi connectivity index (χ2n) is 6.75. The van der Waals surface area contributed by atoms with Crippen molar-refractivity contribution in [2.75, 3.05) is 13.2 Å². The van der Waals surface area contributed by atoms with E-state index in [4.69, 9.17) is 9.47 Å². The molecule has 180 valence electrons. The topological polar surface area (TPSA) is 108 Å². The summed E-state index contributed by atoms with van der Waals surface area (Å²) >= 11 is 0. The molecule has 13 heteroatoms. The summed E-state index contributed by atoms with van der Waals surface area (Å²) in [5.74, 6) is -10.1. The van der Waals surface area contributed by atoms with Gasteiger partial charge < -0.3 is 14.8 Å². The molecule has 1 aliphatic heterocycles. The van der Waals surface area contributed by atoms with E-state index in [0.29, 0.717) is 0 Å². The van der Waals surface area contributed by atoms with Gasteiger partial charge in [-0.25, -0.2) is 9.59 Å². The number of hydrogen-bond acceptors (Lipinski definition) is 7. The van der Waals surface area contributed by atoms with Crippen molar-refractivity contribution in [3.8, 4) is 0 Å².